The second kappa shape index (κ2) is 5.72. The van der Waals surface area contributed by atoms with Gasteiger partial charge in [-0.1, -0.05) is 13.8 Å². The zero-order chi connectivity index (χ0) is 13.2. The Morgan fingerprint density at radius 1 is 1.50 bits per heavy atom. The molecule has 2 nitrogen and oxygen atoms in total. The van der Waals surface area contributed by atoms with Gasteiger partial charge in [0.05, 0.1) is 6.10 Å². The number of thiophene rings is 1. The predicted molar refractivity (Wildman–Crippen MR) is 77.8 cm³/mol. The molecule has 1 saturated carbocycles. The van der Waals surface area contributed by atoms with Crippen molar-refractivity contribution in [2.24, 2.45) is 11.3 Å². The van der Waals surface area contributed by atoms with Crippen LogP contribution in [0.3, 0.4) is 0 Å². The molecule has 2 rings (SSSR count). The van der Waals surface area contributed by atoms with E-state index >= 15 is 0 Å². The van der Waals surface area contributed by atoms with Crippen molar-refractivity contribution in [3.63, 3.8) is 0 Å². The summed E-state index contributed by atoms with van der Waals surface area (Å²) >= 11 is 1.75. The maximum absolute atomic E-state index is 10.2. The molecule has 0 aliphatic heterocycles. The first kappa shape index (κ1) is 14.0. The third kappa shape index (κ3) is 3.81. The zero-order valence-corrected chi connectivity index (χ0v) is 12.5. The smallest absolute Gasteiger partial charge is 0.0581 e. The fraction of sp³-hybridized carbons (Fsp3) is 0.733. The highest BCUT2D eigenvalue weighted by Crippen LogP contribution is 2.39. The van der Waals surface area contributed by atoms with Gasteiger partial charge in [0.15, 0.2) is 0 Å². The van der Waals surface area contributed by atoms with Crippen LogP contribution in [-0.2, 0) is 6.54 Å². The summed E-state index contributed by atoms with van der Waals surface area (Å²) in [6.45, 7) is 6.64. The topological polar surface area (TPSA) is 23.5 Å². The molecule has 1 aromatic rings. The highest BCUT2D eigenvalue weighted by Gasteiger charge is 2.34. The average molecular weight is 267 g/mol. The van der Waals surface area contributed by atoms with Gasteiger partial charge in [0.1, 0.15) is 0 Å². The van der Waals surface area contributed by atoms with E-state index in [2.05, 4.69) is 42.6 Å². The molecule has 0 spiro atoms. The lowest BCUT2D eigenvalue weighted by molar-refractivity contribution is 0.00675. The first-order valence-electron chi connectivity index (χ1n) is 6.84. The molecule has 3 heteroatoms. The fourth-order valence-corrected chi connectivity index (χ4v) is 3.73. The minimum absolute atomic E-state index is 0.108. The first-order valence-corrected chi connectivity index (χ1v) is 7.78. The molecule has 1 aliphatic rings. The van der Waals surface area contributed by atoms with Crippen molar-refractivity contribution in [2.45, 2.75) is 45.8 Å². The number of nitrogens with zero attached hydrogens (tertiary/aromatic N) is 1. The lowest BCUT2D eigenvalue weighted by Gasteiger charge is -2.40. The molecule has 0 amide bonds. The van der Waals surface area contributed by atoms with Gasteiger partial charge in [0.25, 0.3) is 0 Å². The second-order valence-electron chi connectivity index (χ2n) is 6.56. The molecule has 18 heavy (non-hydrogen) atoms. The zero-order valence-electron chi connectivity index (χ0n) is 11.7. The van der Waals surface area contributed by atoms with Crippen LogP contribution in [0.1, 0.15) is 38.7 Å². The van der Waals surface area contributed by atoms with Gasteiger partial charge < -0.3 is 10.0 Å². The molecule has 1 aromatic heterocycles. The molecular weight excluding hydrogens is 242 g/mol. The van der Waals surface area contributed by atoms with E-state index in [9.17, 15) is 5.11 Å². The monoisotopic (exact) mass is 267 g/mol. The van der Waals surface area contributed by atoms with Crippen molar-refractivity contribution in [3.05, 3.63) is 22.4 Å². The Morgan fingerprint density at radius 2 is 2.28 bits per heavy atom. The van der Waals surface area contributed by atoms with Crippen molar-refractivity contribution >= 4 is 11.3 Å². The number of hydrogen-bond acceptors (Lipinski definition) is 3. The van der Waals surface area contributed by atoms with Crippen molar-refractivity contribution < 1.29 is 5.11 Å². The number of hydrogen-bond donors (Lipinski definition) is 1. The van der Waals surface area contributed by atoms with Gasteiger partial charge in [-0.25, -0.2) is 0 Å². The predicted octanol–water partition coefficient (Wildman–Crippen LogP) is 3.37. The average Bonchev–Trinajstić information content (AvgIpc) is 2.76. The molecule has 0 saturated heterocycles. The standard InChI is InChI=1S/C15H25NOS/c1-15(2)6-4-14(17)13(8-15)10-16(3)9-12-5-7-18-11-12/h5,7,11,13-14,17H,4,6,8-10H2,1-3H3. The minimum atomic E-state index is -0.108. The van der Waals surface area contributed by atoms with Crippen molar-refractivity contribution in [2.75, 3.05) is 13.6 Å². The molecule has 1 heterocycles. The first-order chi connectivity index (χ1) is 8.46. The lowest BCUT2D eigenvalue weighted by Crippen LogP contribution is -2.39. The third-order valence-electron chi connectivity index (χ3n) is 4.05. The van der Waals surface area contributed by atoms with Crippen LogP contribution in [0.5, 0.6) is 0 Å². The summed E-state index contributed by atoms with van der Waals surface area (Å²) in [5, 5.41) is 14.5. The van der Waals surface area contributed by atoms with Crippen LogP contribution in [0, 0.1) is 11.3 Å². The lowest BCUT2D eigenvalue weighted by atomic mass is 9.71. The van der Waals surface area contributed by atoms with E-state index in [0.717, 1.165) is 32.4 Å². The SMILES string of the molecule is CN(Cc1ccsc1)CC1CC(C)(C)CCC1O. The second-order valence-corrected chi connectivity index (χ2v) is 7.34. The Morgan fingerprint density at radius 3 is 2.94 bits per heavy atom. The van der Waals surface area contributed by atoms with Gasteiger partial charge in [-0.15, -0.1) is 0 Å². The van der Waals surface area contributed by atoms with Crippen molar-refractivity contribution in [1.29, 1.82) is 0 Å². The van der Waals surface area contributed by atoms with Crippen LogP contribution < -0.4 is 0 Å². The van der Waals surface area contributed by atoms with E-state index in [1.54, 1.807) is 11.3 Å². The van der Waals surface area contributed by atoms with Gasteiger partial charge in [0.2, 0.25) is 0 Å². The highest BCUT2D eigenvalue weighted by molar-refractivity contribution is 7.07. The molecule has 2 atom stereocenters. The van der Waals surface area contributed by atoms with Crippen molar-refractivity contribution in [1.82, 2.24) is 4.90 Å². The van der Waals surface area contributed by atoms with E-state index in [1.165, 1.54) is 5.56 Å². The Labute approximate surface area is 115 Å². The van der Waals surface area contributed by atoms with Crippen LogP contribution >= 0.6 is 11.3 Å². The van der Waals surface area contributed by atoms with Crippen LogP contribution in [0.15, 0.2) is 16.8 Å². The van der Waals surface area contributed by atoms with E-state index in [4.69, 9.17) is 0 Å². The Bertz CT molecular complexity index is 361. The Kier molecular flexibility index (Phi) is 4.46. The molecule has 1 fully saturated rings. The van der Waals surface area contributed by atoms with Crippen molar-refractivity contribution in [3.8, 4) is 0 Å². The molecule has 1 aliphatic carbocycles. The van der Waals surface area contributed by atoms with Gasteiger partial charge in [0, 0.05) is 13.1 Å². The van der Waals surface area contributed by atoms with Crippen LogP contribution in [-0.4, -0.2) is 29.7 Å². The summed E-state index contributed by atoms with van der Waals surface area (Å²) in [4.78, 5) is 2.34. The summed E-state index contributed by atoms with van der Waals surface area (Å²) in [5.41, 5.74) is 1.78. The molecule has 0 aromatic carbocycles. The normalized spacial score (nSPS) is 27.6. The molecule has 0 bridgehead atoms. The summed E-state index contributed by atoms with van der Waals surface area (Å²) in [6, 6.07) is 2.18. The van der Waals surface area contributed by atoms with Gasteiger partial charge in [-0.05, 0) is 60.0 Å². The molecule has 2 unspecified atom stereocenters. The summed E-state index contributed by atoms with van der Waals surface area (Å²) in [7, 11) is 2.16. The minimum Gasteiger partial charge on any atom is -0.393 e. The van der Waals surface area contributed by atoms with E-state index in [1.807, 2.05) is 0 Å². The van der Waals surface area contributed by atoms with Crippen LogP contribution in [0.25, 0.3) is 0 Å². The maximum atomic E-state index is 10.2. The van der Waals surface area contributed by atoms with E-state index in [-0.39, 0.29) is 6.10 Å². The highest BCUT2D eigenvalue weighted by atomic mass is 32.1. The van der Waals surface area contributed by atoms with Gasteiger partial charge >= 0.3 is 0 Å². The summed E-state index contributed by atoms with van der Waals surface area (Å²) in [5.74, 6) is 0.428. The maximum Gasteiger partial charge on any atom is 0.0581 e. The number of aliphatic hydroxyl groups is 1. The van der Waals surface area contributed by atoms with Crippen LogP contribution in [0.4, 0.5) is 0 Å². The summed E-state index contributed by atoms with van der Waals surface area (Å²) < 4.78 is 0. The van der Waals surface area contributed by atoms with Gasteiger partial charge in [-0.3, -0.25) is 0 Å². The van der Waals surface area contributed by atoms with Gasteiger partial charge in [-0.2, -0.15) is 11.3 Å². The number of rotatable bonds is 4. The molecule has 0 radical (unpaired) electrons. The molecule has 102 valence electrons. The fourth-order valence-electron chi connectivity index (χ4n) is 3.07. The summed E-state index contributed by atoms with van der Waals surface area (Å²) in [6.07, 6.45) is 3.15. The number of aliphatic hydroxyl groups excluding tert-OH is 1. The third-order valence-corrected chi connectivity index (χ3v) is 4.79. The Hall–Kier alpha value is -0.380. The molecule has 1 N–H and O–H groups in total. The Balaban J connectivity index is 1.87. The van der Waals surface area contributed by atoms with Crippen LogP contribution in [0.2, 0.25) is 0 Å². The van der Waals surface area contributed by atoms with E-state index in [0.29, 0.717) is 11.3 Å². The van der Waals surface area contributed by atoms with E-state index < -0.39 is 0 Å². The largest absolute Gasteiger partial charge is 0.393 e. The quantitative estimate of drug-likeness (QED) is 0.904. The molecular formula is C15H25NOS.